The summed E-state index contributed by atoms with van der Waals surface area (Å²) in [4.78, 5) is 7.12. The molecule has 9 heteroatoms. The number of hydrogen-bond acceptors (Lipinski definition) is 4. The van der Waals surface area contributed by atoms with E-state index in [0.717, 1.165) is 32.0 Å². The number of sulfonamides is 1. The summed E-state index contributed by atoms with van der Waals surface area (Å²) < 4.78 is 25.3. The van der Waals surface area contributed by atoms with E-state index in [1.54, 1.807) is 6.92 Å². The zero-order valence-corrected chi connectivity index (χ0v) is 19.0. The van der Waals surface area contributed by atoms with E-state index < -0.39 is 10.0 Å². The molecular weight excluding hydrogens is 453 g/mol. The van der Waals surface area contributed by atoms with E-state index in [1.807, 2.05) is 6.92 Å². The summed E-state index contributed by atoms with van der Waals surface area (Å²) in [6.45, 7) is 10.7. The van der Waals surface area contributed by atoms with E-state index in [0.29, 0.717) is 19.1 Å². The van der Waals surface area contributed by atoms with Crippen molar-refractivity contribution in [2.75, 3.05) is 45.0 Å². The van der Waals surface area contributed by atoms with Gasteiger partial charge in [0, 0.05) is 38.8 Å². The van der Waals surface area contributed by atoms with Crippen molar-refractivity contribution in [2.24, 2.45) is 4.99 Å². The molecular formula is C16H36IN5O2S. The summed E-state index contributed by atoms with van der Waals surface area (Å²) in [6.07, 6.45) is 5.02. The molecule has 1 aliphatic rings. The van der Waals surface area contributed by atoms with Gasteiger partial charge in [-0.05, 0) is 46.6 Å². The highest BCUT2D eigenvalue weighted by Gasteiger charge is 2.16. The van der Waals surface area contributed by atoms with E-state index >= 15 is 0 Å². The van der Waals surface area contributed by atoms with E-state index in [4.69, 9.17) is 0 Å². The maximum atomic E-state index is 11.4. The van der Waals surface area contributed by atoms with Crippen molar-refractivity contribution < 1.29 is 8.42 Å². The monoisotopic (exact) mass is 489 g/mol. The first-order valence-electron chi connectivity index (χ1n) is 9.22. The molecule has 0 aromatic heterocycles. The maximum absolute atomic E-state index is 11.4. The quantitative estimate of drug-likeness (QED) is 0.187. The first kappa shape index (κ1) is 24.9. The first-order valence-corrected chi connectivity index (χ1v) is 10.9. The smallest absolute Gasteiger partial charge is 0.211 e. The Hall–Kier alpha value is -0.130. The zero-order valence-electron chi connectivity index (χ0n) is 15.9. The van der Waals surface area contributed by atoms with Crippen LogP contribution in [0.25, 0.3) is 0 Å². The second kappa shape index (κ2) is 14.0. The van der Waals surface area contributed by atoms with Gasteiger partial charge in [-0.3, -0.25) is 4.99 Å². The van der Waals surface area contributed by atoms with Crippen LogP contribution in [0.5, 0.6) is 0 Å². The van der Waals surface area contributed by atoms with Crippen molar-refractivity contribution in [3.05, 3.63) is 0 Å². The lowest BCUT2D eigenvalue weighted by Crippen LogP contribution is -2.42. The number of hydrogen-bond donors (Lipinski definition) is 3. The normalized spacial score (nSPS) is 19.3. The van der Waals surface area contributed by atoms with Crippen LogP contribution < -0.4 is 15.4 Å². The molecule has 1 heterocycles. The lowest BCUT2D eigenvalue weighted by atomic mass is 10.0. The molecule has 0 bridgehead atoms. The Morgan fingerprint density at radius 1 is 1.20 bits per heavy atom. The Kier molecular flexibility index (Phi) is 13.9. The Morgan fingerprint density at radius 2 is 1.96 bits per heavy atom. The van der Waals surface area contributed by atoms with Crippen LogP contribution in [-0.2, 0) is 10.0 Å². The number of halogens is 1. The minimum absolute atomic E-state index is 0. The van der Waals surface area contributed by atoms with Crippen molar-refractivity contribution in [1.29, 1.82) is 0 Å². The molecule has 150 valence electrons. The van der Waals surface area contributed by atoms with Gasteiger partial charge in [0.05, 0.1) is 5.75 Å². The van der Waals surface area contributed by atoms with Crippen molar-refractivity contribution in [3.8, 4) is 0 Å². The van der Waals surface area contributed by atoms with Crippen LogP contribution in [0.3, 0.4) is 0 Å². The molecule has 1 aliphatic heterocycles. The summed E-state index contributed by atoms with van der Waals surface area (Å²) in [5.41, 5.74) is 0. The van der Waals surface area contributed by atoms with Gasteiger partial charge < -0.3 is 15.5 Å². The van der Waals surface area contributed by atoms with Crippen LogP contribution in [0.15, 0.2) is 4.99 Å². The maximum Gasteiger partial charge on any atom is 0.211 e. The Morgan fingerprint density at radius 3 is 2.60 bits per heavy atom. The summed E-state index contributed by atoms with van der Waals surface area (Å²) >= 11 is 0. The molecule has 0 aromatic rings. The van der Waals surface area contributed by atoms with Crippen LogP contribution in [0, 0.1) is 0 Å². The fourth-order valence-corrected chi connectivity index (χ4v) is 3.40. The van der Waals surface area contributed by atoms with Crippen LogP contribution in [0.2, 0.25) is 0 Å². The molecule has 3 N–H and O–H groups in total. The molecule has 0 aliphatic carbocycles. The summed E-state index contributed by atoms with van der Waals surface area (Å²) in [7, 11) is -3.12. The molecule has 0 saturated carbocycles. The topological polar surface area (TPSA) is 85.8 Å². The third-order valence-electron chi connectivity index (χ3n) is 4.28. The number of guanidine groups is 1. The SMILES string of the molecule is CCNC(=NCCCN1CCCCC1C)NCCNS(=O)(=O)CC.I. The van der Waals surface area contributed by atoms with Crippen molar-refractivity contribution >= 4 is 40.0 Å². The average molecular weight is 489 g/mol. The fraction of sp³-hybridized carbons (Fsp3) is 0.938. The second-order valence-electron chi connectivity index (χ2n) is 6.22. The molecule has 1 atom stereocenters. The number of aliphatic imine (C=N–C) groups is 1. The van der Waals surface area contributed by atoms with Gasteiger partial charge in [-0.15, -0.1) is 24.0 Å². The number of rotatable bonds is 10. The third-order valence-corrected chi connectivity index (χ3v) is 5.68. The van der Waals surface area contributed by atoms with E-state index in [-0.39, 0.29) is 29.7 Å². The molecule has 1 saturated heterocycles. The largest absolute Gasteiger partial charge is 0.357 e. The third kappa shape index (κ3) is 11.2. The lowest BCUT2D eigenvalue weighted by Gasteiger charge is -2.33. The first-order chi connectivity index (χ1) is 11.5. The molecule has 1 unspecified atom stereocenters. The van der Waals surface area contributed by atoms with Crippen LogP contribution >= 0.6 is 24.0 Å². The van der Waals surface area contributed by atoms with Crippen LogP contribution in [-0.4, -0.2) is 70.3 Å². The van der Waals surface area contributed by atoms with E-state index in [2.05, 4.69) is 32.2 Å². The van der Waals surface area contributed by atoms with Crippen LogP contribution in [0.4, 0.5) is 0 Å². The molecule has 0 amide bonds. The molecule has 0 spiro atoms. The van der Waals surface area contributed by atoms with Gasteiger partial charge in [-0.2, -0.15) is 0 Å². The van der Waals surface area contributed by atoms with Gasteiger partial charge in [0.25, 0.3) is 0 Å². The summed E-state index contributed by atoms with van der Waals surface area (Å²) in [5, 5.41) is 6.35. The molecule has 0 radical (unpaired) electrons. The van der Waals surface area contributed by atoms with Gasteiger partial charge in [-0.25, -0.2) is 13.1 Å². The number of likely N-dealkylation sites (tertiary alicyclic amines) is 1. The number of piperidine rings is 1. The van der Waals surface area contributed by atoms with E-state index in [9.17, 15) is 8.42 Å². The predicted octanol–water partition coefficient (Wildman–Crippen LogP) is 1.36. The van der Waals surface area contributed by atoms with Gasteiger partial charge in [0.15, 0.2) is 5.96 Å². The minimum atomic E-state index is -3.12. The Balaban J connectivity index is 0.00000576. The lowest BCUT2D eigenvalue weighted by molar-refractivity contribution is 0.160. The summed E-state index contributed by atoms with van der Waals surface area (Å²) in [6, 6.07) is 0.695. The highest BCUT2D eigenvalue weighted by Crippen LogP contribution is 2.16. The zero-order chi connectivity index (χ0) is 17.8. The average Bonchev–Trinajstić information content (AvgIpc) is 2.57. The summed E-state index contributed by atoms with van der Waals surface area (Å²) in [5.74, 6) is 0.857. The second-order valence-corrected chi connectivity index (χ2v) is 8.32. The minimum Gasteiger partial charge on any atom is -0.357 e. The molecule has 1 fully saturated rings. The van der Waals surface area contributed by atoms with Crippen LogP contribution in [0.1, 0.15) is 46.5 Å². The van der Waals surface area contributed by atoms with Gasteiger partial charge >= 0.3 is 0 Å². The number of nitrogens with one attached hydrogen (secondary N) is 3. The van der Waals surface area contributed by atoms with Crippen molar-refractivity contribution in [3.63, 3.8) is 0 Å². The molecule has 0 aromatic carbocycles. The molecule has 25 heavy (non-hydrogen) atoms. The van der Waals surface area contributed by atoms with E-state index in [1.165, 1.54) is 25.8 Å². The Bertz CT molecular complexity index is 473. The molecule has 7 nitrogen and oxygen atoms in total. The Labute approximate surface area is 170 Å². The van der Waals surface area contributed by atoms with Gasteiger partial charge in [0.2, 0.25) is 10.0 Å². The predicted molar refractivity (Wildman–Crippen MR) is 116 cm³/mol. The van der Waals surface area contributed by atoms with Crippen molar-refractivity contribution in [1.82, 2.24) is 20.3 Å². The van der Waals surface area contributed by atoms with Crippen molar-refractivity contribution in [2.45, 2.75) is 52.5 Å². The van der Waals surface area contributed by atoms with Gasteiger partial charge in [0.1, 0.15) is 0 Å². The highest BCUT2D eigenvalue weighted by molar-refractivity contribution is 14.0. The fourth-order valence-electron chi connectivity index (χ4n) is 2.79. The van der Waals surface area contributed by atoms with Gasteiger partial charge in [-0.1, -0.05) is 6.42 Å². The number of nitrogens with zero attached hydrogens (tertiary/aromatic N) is 2. The standard InChI is InChI=1S/C16H35N5O2S.HI/c1-4-17-16(19-11-12-20-24(22,23)5-2)18-10-8-14-21-13-7-6-9-15(21)3;/h15,20H,4-14H2,1-3H3,(H2,17,18,19);1H. The molecule has 1 rings (SSSR count). The highest BCUT2D eigenvalue weighted by atomic mass is 127.